The molecule has 1 rings (SSSR count). The summed E-state index contributed by atoms with van der Waals surface area (Å²) >= 11 is 0. The molecule has 132 valence electrons. The number of aryl methyl sites for hydroxylation is 1. The highest BCUT2D eigenvalue weighted by Gasteiger charge is 2.06. The molecular weight excluding hydrogens is 285 g/mol. The Labute approximate surface area is 143 Å². The van der Waals surface area contributed by atoms with Crippen LogP contribution in [0.25, 0.3) is 0 Å². The van der Waals surface area contributed by atoms with Gasteiger partial charge in [0, 0.05) is 18.6 Å². The van der Waals surface area contributed by atoms with Crippen molar-refractivity contribution in [1.82, 2.24) is 0 Å². The van der Waals surface area contributed by atoms with Gasteiger partial charge in [0.1, 0.15) is 0 Å². The zero-order valence-electron chi connectivity index (χ0n) is 15.2. The van der Waals surface area contributed by atoms with Crippen molar-refractivity contribution in [2.45, 2.75) is 103 Å². The van der Waals surface area contributed by atoms with Gasteiger partial charge in [-0.3, -0.25) is 0 Å². The lowest BCUT2D eigenvalue weighted by atomic mass is 10.0. The third-order valence-electron chi connectivity index (χ3n) is 4.64. The van der Waals surface area contributed by atoms with Gasteiger partial charge < -0.3 is 0 Å². The lowest BCUT2D eigenvalue weighted by molar-refractivity contribution is -0.724. The summed E-state index contributed by atoms with van der Waals surface area (Å²) in [5.41, 5.74) is 0. The van der Waals surface area contributed by atoms with Gasteiger partial charge in [-0.25, -0.2) is 0 Å². The van der Waals surface area contributed by atoms with Crippen LogP contribution in [0.15, 0.2) is 24.4 Å². The van der Waals surface area contributed by atoms with Gasteiger partial charge >= 0.3 is 5.95 Å². The minimum absolute atomic E-state index is 0.123. The Morgan fingerprint density at radius 2 is 1.17 bits per heavy atom. The molecule has 0 saturated heterocycles. The average molecular weight is 323 g/mol. The molecule has 1 aromatic heterocycles. The Bertz CT molecular complexity index is 378. The molecule has 0 spiro atoms. The van der Waals surface area contributed by atoms with Crippen molar-refractivity contribution in [3.05, 3.63) is 30.3 Å². The molecule has 0 bridgehead atoms. The smallest absolute Gasteiger partial charge is 0.174 e. The molecular formula is C21H37FN+. The molecule has 0 unspecified atom stereocenters. The van der Waals surface area contributed by atoms with E-state index in [4.69, 9.17) is 0 Å². The molecule has 0 N–H and O–H groups in total. The van der Waals surface area contributed by atoms with Gasteiger partial charge in [0.05, 0.1) is 0 Å². The minimum atomic E-state index is -0.123. The first-order valence-corrected chi connectivity index (χ1v) is 9.98. The van der Waals surface area contributed by atoms with Crippen LogP contribution in [0.3, 0.4) is 0 Å². The Kier molecular flexibility index (Phi) is 12.8. The zero-order valence-corrected chi connectivity index (χ0v) is 15.2. The van der Waals surface area contributed by atoms with Crippen LogP contribution >= 0.6 is 0 Å². The van der Waals surface area contributed by atoms with Gasteiger partial charge in [0.2, 0.25) is 0 Å². The maximum atomic E-state index is 13.4. The van der Waals surface area contributed by atoms with E-state index < -0.39 is 0 Å². The Hall–Kier alpha value is -0.920. The number of unbranched alkanes of at least 4 members (excludes halogenated alkanes) is 13. The summed E-state index contributed by atoms with van der Waals surface area (Å²) in [6.45, 7) is 3.09. The number of hydrogen-bond donors (Lipinski definition) is 0. The van der Waals surface area contributed by atoms with E-state index in [0.29, 0.717) is 0 Å². The summed E-state index contributed by atoms with van der Waals surface area (Å²) in [6.07, 6.45) is 20.9. The molecule has 0 aromatic carbocycles. The Morgan fingerprint density at radius 1 is 0.696 bits per heavy atom. The van der Waals surface area contributed by atoms with E-state index in [1.165, 1.54) is 89.5 Å². The molecule has 1 aromatic rings. The van der Waals surface area contributed by atoms with Gasteiger partial charge in [-0.05, 0) is 12.5 Å². The van der Waals surface area contributed by atoms with Crippen molar-refractivity contribution in [3.63, 3.8) is 0 Å². The number of aromatic nitrogens is 1. The third kappa shape index (κ3) is 11.3. The highest BCUT2D eigenvalue weighted by Crippen LogP contribution is 2.12. The van der Waals surface area contributed by atoms with Crippen molar-refractivity contribution >= 4 is 0 Å². The van der Waals surface area contributed by atoms with E-state index in [1.54, 1.807) is 10.6 Å². The predicted octanol–water partition coefficient (Wildman–Crippen LogP) is 6.59. The van der Waals surface area contributed by atoms with Crippen LogP contribution in [0.1, 0.15) is 96.8 Å². The number of halogens is 1. The summed E-state index contributed by atoms with van der Waals surface area (Å²) in [5, 5.41) is 0. The first-order valence-electron chi connectivity index (χ1n) is 9.98. The topological polar surface area (TPSA) is 3.88 Å². The largest absolute Gasteiger partial charge is 0.359 e. The molecule has 23 heavy (non-hydrogen) atoms. The second-order valence-corrected chi connectivity index (χ2v) is 6.81. The van der Waals surface area contributed by atoms with E-state index in [-0.39, 0.29) is 5.95 Å². The second kappa shape index (κ2) is 14.7. The van der Waals surface area contributed by atoms with E-state index in [1.807, 2.05) is 12.3 Å². The van der Waals surface area contributed by atoms with Crippen molar-refractivity contribution in [2.24, 2.45) is 0 Å². The first-order chi connectivity index (χ1) is 11.3. The molecule has 0 radical (unpaired) electrons. The maximum absolute atomic E-state index is 13.4. The van der Waals surface area contributed by atoms with Crippen molar-refractivity contribution in [1.29, 1.82) is 0 Å². The van der Waals surface area contributed by atoms with Gasteiger partial charge in [0.15, 0.2) is 12.7 Å². The Morgan fingerprint density at radius 3 is 1.65 bits per heavy atom. The number of rotatable bonds is 15. The molecule has 0 saturated carbocycles. The van der Waals surface area contributed by atoms with Gasteiger partial charge in [-0.1, -0.05) is 84.0 Å². The lowest BCUT2D eigenvalue weighted by Gasteiger charge is -2.03. The first kappa shape index (κ1) is 20.1. The van der Waals surface area contributed by atoms with E-state index >= 15 is 0 Å². The van der Waals surface area contributed by atoms with Gasteiger partial charge in [-0.2, -0.15) is 4.57 Å². The molecule has 2 heteroatoms. The van der Waals surface area contributed by atoms with Crippen LogP contribution in [0.4, 0.5) is 4.39 Å². The third-order valence-corrected chi connectivity index (χ3v) is 4.64. The van der Waals surface area contributed by atoms with Crippen LogP contribution < -0.4 is 4.57 Å². The van der Waals surface area contributed by atoms with Gasteiger partial charge in [-0.15, -0.1) is 4.39 Å². The monoisotopic (exact) mass is 322 g/mol. The summed E-state index contributed by atoms with van der Waals surface area (Å²) < 4.78 is 15.1. The molecule has 1 heterocycles. The van der Waals surface area contributed by atoms with Crippen LogP contribution in [0.2, 0.25) is 0 Å². The fourth-order valence-corrected chi connectivity index (χ4v) is 3.11. The predicted molar refractivity (Wildman–Crippen MR) is 96.9 cm³/mol. The highest BCUT2D eigenvalue weighted by atomic mass is 19.1. The van der Waals surface area contributed by atoms with Crippen molar-refractivity contribution in [2.75, 3.05) is 0 Å². The summed E-state index contributed by atoms with van der Waals surface area (Å²) in [4.78, 5) is 0. The van der Waals surface area contributed by atoms with Crippen molar-refractivity contribution in [3.8, 4) is 0 Å². The van der Waals surface area contributed by atoms with E-state index in [9.17, 15) is 4.39 Å². The molecule has 0 atom stereocenters. The molecule has 0 amide bonds. The highest BCUT2D eigenvalue weighted by molar-refractivity contribution is 4.85. The molecule has 0 aliphatic rings. The number of nitrogens with zero attached hydrogens (tertiary/aromatic N) is 1. The lowest BCUT2D eigenvalue weighted by Crippen LogP contribution is -2.37. The number of hydrogen-bond acceptors (Lipinski definition) is 0. The SMILES string of the molecule is CCCCCCCCCCCCCCCC[n+]1ccccc1F. The average Bonchev–Trinajstić information content (AvgIpc) is 2.57. The minimum Gasteiger partial charge on any atom is -0.174 e. The second-order valence-electron chi connectivity index (χ2n) is 6.81. The van der Waals surface area contributed by atoms with Gasteiger partial charge in [0.25, 0.3) is 0 Å². The molecule has 1 nitrogen and oxygen atoms in total. The van der Waals surface area contributed by atoms with E-state index in [2.05, 4.69) is 6.92 Å². The van der Waals surface area contributed by atoms with Crippen LogP contribution in [-0.2, 0) is 6.54 Å². The summed E-state index contributed by atoms with van der Waals surface area (Å²) in [6, 6.07) is 5.17. The Balaban J connectivity index is 1.79. The van der Waals surface area contributed by atoms with Crippen LogP contribution in [-0.4, -0.2) is 0 Å². The van der Waals surface area contributed by atoms with E-state index in [0.717, 1.165) is 13.0 Å². The standard InChI is InChI=1S/C21H37FN/c1-2-3-4-5-6-7-8-9-10-11-12-13-14-16-19-23-20-17-15-18-21(23)22/h15,17-18,20H,2-14,16,19H2,1H3/q+1. The van der Waals surface area contributed by atoms with Crippen LogP contribution in [0, 0.1) is 5.95 Å². The molecule has 0 aliphatic heterocycles. The van der Waals surface area contributed by atoms with Crippen molar-refractivity contribution < 1.29 is 8.96 Å². The maximum Gasteiger partial charge on any atom is 0.359 e. The summed E-state index contributed by atoms with van der Waals surface area (Å²) in [7, 11) is 0. The fraction of sp³-hybridized carbons (Fsp3) is 0.762. The zero-order chi connectivity index (χ0) is 16.6. The fourth-order valence-electron chi connectivity index (χ4n) is 3.11. The summed E-state index contributed by atoms with van der Waals surface area (Å²) in [5.74, 6) is -0.123. The number of pyridine rings is 1. The van der Waals surface area contributed by atoms with Crippen LogP contribution in [0.5, 0.6) is 0 Å². The molecule has 0 aliphatic carbocycles. The molecule has 0 fully saturated rings. The normalized spacial score (nSPS) is 11.0. The quantitative estimate of drug-likeness (QED) is 0.195.